The van der Waals surface area contributed by atoms with E-state index < -0.39 is 0 Å². The Hall–Kier alpha value is -0.530. The van der Waals surface area contributed by atoms with Gasteiger partial charge in [0.25, 0.3) is 0 Å². The summed E-state index contributed by atoms with van der Waals surface area (Å²) in [6, 6.07) is 0. The maximum atomic E-state index is 11.5. The summed E-state index contributed by atoms with van der Waals surface area (Å²) in [5.74, 6) is 1.98. The molecule has 3 N–H and O–H groups in total. The van der Waals surface area contributed by atoms with Crippen LogP contribution in [0, 0.1) is 11.8 Å². The van der Waals surface area contributed by atoms with E-state index in [1.165, 1.54) is 0 Å². The Morgan fingerprint density at radius 3 is 2.24 bits per heavy atom. The monoisotopic (exact) mass is 410 g/mol. The number of nitrogens with one attached hydrogen (secondary N) is 3. The number of amides is 1. The van der Waals surface area contributed by atoms with E-state index in [0.29, 0.717) is 19.0 Å². The molecule has 0 unspecified atom stereocenters. The number of halogens is 1. The molecule has 0 aromatic carbocycles. The van der Waals surface area contributed by atoms with Gasteiger partial charge in [-0.1, -0.05) is 26.7 Å². The van der Waals surface area contributed by atoms with Crippen molar-refractivity contribution in [2.45, 2.75) is 46.5 Å². The zero-order valence-electron chi connectivity index (χ0n) is 13.6. The normalized spacial score (nSPS) is 14.6. The predicted molar refractivity (Wildman–Crippen MR) is 99.2 cm³/mol. The molecular formula is C15H31IN4O. The van der Waals surface area contributed by atoms with Gasteiger partial charge in [0.1, 0.15) is 0 Å². The molecule has 0 spiro atoms. The largest absolute Gasteiger partial charge is 0.357 e. The lowest BCUT2D eigenvalue weighted by Crippen LogP contribution is -2.42. The second-order valence-corrected chi connectivity index (χ2v) is 5.39. The Bertz CT molecular complexity index is 315. The number of carbonyl (C=O) groups is 1. The van der Waals surface area contributed by atoms with Gasteiger partial charge in [0, 0.05) is 32.1 Å². The van der Waals surface area contributed by atoms with Gasteiger partial charge in [-0.15, -0.1) is 24.0 Å². The van der Waals surface area contributed by atoms with Gasteiger partial charge < -0.3 is 16.0 Å². The molecule has 1 rings (SSSR count). The molecule has 0 aromatic rings. The van der Waals surface area contributed by atoms with E-state index in [0.717, 1.165) is 44.7 Å². The summed E-state index contributed by atoms with van der Waals surface area (Å²) >= 11 is 0. The van der Waals surface area contributed by atoms with Crippen LogP contribution in [0.25, 0.3) is 0 Å². The SMILES string of the molecule is CCNC(=NCC(CC)CC)NCCNC(=O)C1CC1.I. The van der Waals surface area contributed by atoms with Crippen LogP contribution in [0.1, 0.15) is 46.5 Å². The molecule has 0 heterocycles. The fourth-order valence-corrected chi connectivity index (χ4v) is 1.97. The summed E-state index contributed by atoms with van der Waals surface area (Å²) in [5.41, 5.74) is 0. The Kier molecular flexibility index (Phi) is 11.8. The third kappa shape index (κ3) is 9.16. The third-order valence-corrected chi connectivity index (χ3v) is 3.67. The lowest BCUT2D eigenvalue weighted by molar-refractivity contribution is -0.122. The van der Waals surface area contributed by atoms with E-state index in [9.17, 15) is 4.79 Å². The molecule has 6 heteroatoms. The lowest BCUT2D eigenvalue weighted by atomic mass is 10.0. The first kappa shape index (κ1) is 20.5. The Morgan fingerprint density at radius 2 is 1.71 bits per heavy atom. The average Bonchev–Trinajstić information content (AvgIpc) is 3.28. The van der Waals surface area contributed by atoms with Gasteiger partial charge in [-0.3, -0.25) is 9.79 Å². The molecule has 0 atom stereocenters. The van der Waals surface area contributed by atoms with Crippen molar-refractivity contribution in [1.29, 1.82) is 0 Å². The lowest BCUT2D eigenvalue weighted by Gasteiger charge is -2.14. The molecule has 1 fully saturated rings. The number of aliphatic imine (C=N–C) groups is 1. The van der Waals surface area contributed by atoms with Crippen molar-refractivity contribution in [3.63, 3.8) is 0 Å². The maximum absolute atomic E-state index is 11.5. The van der Waals surface area contributed by atoms with Gasteiger partial charge in [-0.05, 0) is 25.7 Å². The number of hydrogen-bond donors (Lipinski definition) is 3. The molecule has 0 aliphatic heterocycles. The topological polar surface area (TPSA) is 65.5 Å². The smallest absolute Gasteiger partial charge is 0.223 e. The number of carbonyl (C=O) groups excluding carboxylic acids is 1. The highest BCUT2D eigenvalue weighted by Gasteiger charge is 2.28. The summed E-state index contributed by atoms with van der Waals surface area (Å²) in [6.07, 6.45) is 4.44. The Balaban J connectivity index is 0.00000400. The zero-order valence-corrected chi connectivity index (χ0v) is 15.9. The highest BCUT2D eigenvalue weighted by atomic mass is 127. The van der Waals surface area contributed by atoms with Crippen molar-refractivity contribution < 1.29 is 4.79 Å². The first-order valence-electron chi connectivity index (χ1n) is 8.01. The first-order valence-corrected chi connectivity index (χ1v) is 8.01. The van der Waals surface area contributed by atoms with Crippen LogP contribution >= 0.6 is 24.0 Å². The minimum absolute atomic E-state index is 0. The van der Waals surface area contributed by atoms with Crippen molar-refractivity contribution in [1.82, 2.24) is 16.0 Å². The van der Waals surface area contributed by atoms with Crippen molar-refractivity contribution >= 4 is 35.8 Å². The number of nitrogens with zero attached hydrogens (tertiary/aromatic N) is 1. The van der Waals surface area contributed by atoms with E-state index in [-0.39, 0.29) is 35.8 Å². The predicted octanol–water partition coefficient (Wildman–Crippen LogP) is 2.12. The molecule has 5 nitrogen and oxygen atoms in total. The van der Waals surface area contributed by atoms with E-state index in [1.54, 1.807) is 0 Å². The molecule has 1 aliphatic carbocycles. The fourth-order valence-electron chi connectivity index (χ4n) is 1.97. The second kappa shape index (κ2) is 12.1. The van der Waals surface area contributed by atoms with Crippen LogP contribution in [0.4, 0.5) is 0 Å². The molecule has 124 valence electrons. The van der Waals surface area contributed by atoms with Crippen molar-refractivity contribution in [2.24, 2.45) is 16.8 Å². The Morgan fingerprint density at radius 1 is 1.10 bits per heavy atom. The van der Waals surface area contributed by atoms with Gasteiger partial charge in [0.2, 0.25) is 5.91 Å². The summed E-state index contributed by atoms with van der Waals surface area (Å²) < 4.78 is 0. The minimum Gasteiger partial charge on any atom is -0.357 e. The van der Waals surface area contributed by atoms with Crippen molar-refractivity contribution in [3.05, 3.63) is 0 Å². The van der Waals surface area contributed by atoms with Crippen LogP contribution in [0.5, 0.6) is 0 Å². The van der Waals surface area contributed by atoms with Crippen LogP contribution < -0.4 is 16.0 Å². The highest BCUT2D eigenvalue weighted by molar-refractivity contribution is 14.0. The van der Waals surface area contributed by atoms with Crippen molar-refractivity contribution in [3.8, 4) is 0 Å². The van der Waals surface area contributed by atoms with E-state index in [4.69, 9.17) is 0 Å². The minimum atomic E-state index is 0. The van der Waals surface area contributed by atoms with Crippen LogP contribution in [0.2, 0.25) is 0 Å². The molecule has 1 amide bonds. The molecule has 0 aromatic heterocycles. The van der Waals surface area contributed by atoms with E-state index in [2.05, 4.69) is 41.7 Å². The van der Waals surface area contributed by atoms with Crippen LogP contribution in [-0.2, 0) is 4.79 Å². The summed E-state index contributed by atoms with van der Waals surface area (Å²) in [7, 11) is 0. The number of hydrogen-bond acceptors (Lipinski definition) is 2. The molecular weight excluding hydrogens is 379 g/mol. The van der Waals surface area contributed by atoms with Gasteiger partial charge in [-0.25, -0.2) is 0 Å². The summed E-state index contributed by atoms with van der Waals surface area (Å²) in [4.78, 5) is 16.1. The molecule has 0 saturated heterocycles. The molecule has 1 saturated carbocycles. The molecule has 0 radical (unpaired) electrons. The van der Waals surface area contributed by atoms with Gasteiger partial charge in [0.05, 0.1) is 0 Å². The quantitative estimate of drug-likeness (QED) is 0.236. The summed E-state index contributed by atoms with van der Waals surface area (Å²) in [5, 5.41) is 9.44. The van der Waals surface area contributed by atoms with E-state index in [1.807, 2.05) is 0 Å². The first-order chi connectivity index (χ1) is 9.71. The molecule has 0 bridgehead atoms. The van der Waals surface area contributed by atoms with E-state index >= 15 is 0 Å². The van der Waals surface area contributed by atoms with Gasteiger partial charge in [0.15, 0.2) is 5.96 Å². The zero-order chi connectivity index (χ0) is 14.8. The number of rotatable bonds is 9. The van der Waals surface area contributed by atoms with Crippen LogP contribution in [0.15, 0.2) is 4.99 Å². The standard InChI is InChI=1S/C15H30N4O.HI/c1-4-12(5-2)11-19-15(16-6-3)18-10-9-17-14(20)13-7-8-13;/h12-13H,4-11H2,1-3H3,(H,17,20)(H2,16,18,19);1H. The fraction of sp³-hybridized carbons (Fsp3) is 0.867. The van der Waals surface area contributed by atoms with Gasteiger partial charge in [-0.2, -0.15) is 0 Å². The van der Waals surface area contributed by atoms with Crippen LogP contribution in [-0.4, -0.2) is 38.0 Å². The second-order valence-electron chi connectivity index (χ2n) is 5.39. The summed E-state index contributed by atoms with van der Waals surface area (Å²) in [6.45, 7) is 9.55. The molecule has 21 heavy (non-hydrogen) atoms. The Labute approximate surface area is 146 Å². The highest BCUT2D eigenvalue weighted by Crippen LogP contribution is 2.28. The van der Waals surface area contributed by atoms with Crippen LogP contribution in [0.3, 0.4) is 0 Å². The molecule has 1 aliphatic rings. The third-order valence-electron chi connectivity index (χ3n) is 3.67. The maximum Gasteiger partial charge on any atom is 0.223 e. The van der Waals surface area contributed by atoms with Crippen molar-refractivity contribution in [2.75, 3.05) is 26.2 Å². The number of guanidine groups is 1. The average molecular weight is 410 g/mol. The van der Waals surface area contributed by atoms with Gasteiger partial charge >= 0.3 is 0 Å².